The summed E-state index contributed by atoms with van der Waals surface area (Å²) in [6.45, 7) is 1.92. The molecule has 0 bridgehead atoms. The van der Waals surface area contributed by atoms with E-state index in [1.54, 1.807) is 12.1 Å². The Labute approximate surface area is 126 Å². The fraction of sp³-hybridized carbons (Fsp3) is 0.143. The summed E-state index contributed by atoms with van der Waals surface area (Å²) in [4.78, 5) is -0.357. The lowest BCUT2D eigenvalue weighted by atomic mass is 10.1. The molecule has 0 aliphatic heterocycles. The maximum absolute atomic E-state index is 13.6. The molecule has 1 N–H and O–H groups in total. The molecule has 0 aliphatic carbocycles. The summed E-state index contributed by atoms with van der Waals surface area (Å²) in [5.74, 6) is -0.768. The summed E-state index contributed by atoms with van der Waals surface area (Å²) in [7, 11) is -3.93. The average Bonchev–Trinajstić information content (AvgIpc) is 2.41. The zero-order valence-electron chi connectivity index (χ0n) is 10.7. The third-order valence-electron chi connectivity index (χ3n) is 2.82. The molecule has 3 nitrogen and oxygen atoms in total. The van der Waals surface area contributed by atoms with E-state index in [0.717, 1.165) is 16.1 Å². The predicted octanol–water partition coefficient (Wildman–Crippen LogP) is 3.95. The zero-order chi connectivity index (χ0) is 14.8. The second kappa shape index (κ2) is 5.93. The van der Waals surface area contributed by atoms with E-state index in [1.807, 2.05) is 13.0 Å². The molecule has 0 atom stereocenters. The second-order valence-corrected chi connectivity index (χ2v) is 6.76. The molecule has 0 fully saturated rings. The molecule has 20 heavy (non-hydrogen) atoms. The molecule has 0 spiro atoms. The molecular weight excluding hydrogens is 345 g/mol. The normalized spacial score (nSPS) is 11.3. The van der Waals surface area contributed by atoms with Crippen LogP contribution in [0.1, 0.15) is 12.5 Å². The van der Waals surface area contributed by atoms with E-state index < -0.39 is 15.8 Å². The van der Waals surface area contributed by atoms with Crippen LogP contribution in [0.2, 0.25) is 0 Å². The van der Waals surface area contributed by atoms with Crippen LogP contribution < -0.4 is 4.72 Å². The van der Waals surface area contributed by atoms with Crippen molar-refractivity contribution < 1.29 is 12.8 Å². The first-order chi connectivity index (χ1) is 9.44. The molecule has 0 unspecified atom stereocenters. The van der Waals surface area contributed by atoms with Gasteiger partial charge in [-0.15, -0.1) is 0 Å². The van der Waals surface area contributed by atoms with Gasteiger partial charge in [-0.25, -0.2) is 12.8 Å². The van der Waals surface area contributed by atoms with Gasteiger partial charge in [0.2, 0.25) is 0 Å². The summed E-state index contributed by atoms with van der Waals surface area (Å²) < 4.78 is 41.3. The van der Waals surface area contributed by atoms with Gasteiger partial charge in [-0.3, -0.25) is 4.72 Å². The largest absolute Gasteiger partial charge is 0.279 e. The number of hydrogen-bond donors (Lipinski definition) is 1. The molecular formula is C14H13BrFNO2S. The number of aryl methyl sites for hydroxylation is 1. The predicted molar refractivity (Wildman–Crippen MR) is 80.7 cm³/mol. The lowest BCUT2D eigenvalue weighted by molar-refractivity contribution is 0.570. The maximum atomic E-state index is 13.6. The molecule has 6 heteroatoms. The smallest absolute Gasteiger partial charge is 0.264 e. The van der Waals surface area contributed by atoms with Crippen LogP contribution in [0.25, 0.3) is 0 Å². The van der Waals surface area contributed by atoms with Crippen LogP contribution in [0.3, 0.4) is 0 Å². The monoisotopic (exact) mass is 357 g/mol. The van der Waals surface area contributed by atoms with Crippen molar-refractivity contribution >= 4 is 31.6 Å². The van der Waals surface area contributed by atoms with E-state index in [9.17, 15) is 12.8 Å². The first-order valence-electron chi connectivity index (χ1n) is 6.00. The van der Waals surface area contributed by atoms with Gasteiger partial charge in [-0.1, -0.05) is 35.0 Å². The lowest BCUT2D eigenvalue weighted by Gasteiger charge is -2.12. The van der Waals surface area contributed by atoms with E-state index in [0.29, 0.717) is 12.1 Å². The molecule has 2 rings (SSSR count). The standard InChI is InChI=1S/C14H13BrFNO2S/c1-2-10-9-11(15)7-8-13(10)17-20(18,19)14-6-4-3-5-12(14)16/h3-9,17H,2H2,1H3. The third-order valence-corrected chi connectivity index (χ3v) is 4.71. The van der Waals surface area contributed by atoms with Crippen molar-refractivity contribution in [2.24, 2.45) is 0 Å². The van der Waals surface area contributed by atoms with Gasteiger partial charge in [0.1, 0.15) is 10.7 Å². The van der Waals surface area contributed by atoms with Gasteiger partial charge >= 0.3 is 0 Å². The van der Waals surface area contributed by atoms with E-state index >= 15 is 0 Å². The van der Waals surface area contributed by atoms with E-state index in [4.69, 9.17) is 0 Å². The molecule has 2 aromatic rings. The molecule has 0 heterocycles. The van der Waals surface area contributed by atoms with Gasteiger partial charge < -0.3 is 0 Å². The Balaban J connectivity index is 2.41. The Kier molecular flexibility index (Phi) is 4.45. The Hall–Kier alpha value is -1.40. The highest BCUT2D eigenvalue weighted by Crippen LogP contribution is 2.25. The first kappa shape index (κ1) is 15.0. The molecule has 0 aliphatic rings. The highest BCUT2D eigenvalue weighted by molar-refractivity contribution is 9.10. The Morgan fingerprint density at radius 1 is 1.20 bits per heavy atom. The van der Waals surface area contributed by atoms with Crippen molar-refractivity contribution in [2.45, 2.75) is 18.2 Å². The van der Waals surface area contributed by atoms with E-state index in [1.165, 1.54) is 18.2 Å². The molecule has 2 aromatic carbocycles. The first-order valence-corrected chi connectivity index (χ1v) is 8.27. The second-order valence-electron chi connectivity index (χ2n) is 4.19. The van der Waals surface area contributed by atoms with Gasteiger partial charge in [-0.05, 0) is 42.3 Å². The minimum absolute atomic E-state index is 0.357. The van der Waals surface area contributed by atoms with Crippen molar-refractivity contribution in [1.29, 1.82) is 0 Å². The van der Waals surface area contributed by atoms with Gasteiger partial charge in [0, 0.05) is 4.47 Å². The van der Waals surface area contributed by atoms with Crippen LogP contribution in [-0.4, -0.2) is 8.42 Å². The maximum Gasteiger partial charge on any atom is 0.264 e. The summed E-state index contributed by atoms with van der Waals surface area (Å²) in [5.41, 5.74) is 1.29. The average molecular weight is 358 g/mol. The SMILES string of the molecule is CCc1cc(Br)ccc1NS(=O)(=O)c1ccccc1F. The molecule has 0 radical (unpaired) electrons. The number of benzene rings is 2. The lowest BCUT2D eigenvalue weighted by Crippen LogP contribution is -2.15. The molecule has 0 saturated carbocycles. The molecule has 106 valence electrons. The number of anilines is 1. The summed E-state index contributed by atoms with van der Waals surface area (Å²) in [5, 5.41) is 0. The number of rotatable bonds is 4. The summed E-state index contributed by atoms with van der Waals surface area (Å²) in [6, 6.07) is 10.5. The van der Waals surface area contributed by atoms with Gasteiger partial charge in [0.25, 0.3) is 10.0 Å². The number of hydrogen-bond acceptors (Lipinski definition) is 2. The highest BCUT2D eigenvalue weighted by Gasteiger charge is 2.19. The van der Waals surface area contributed by atoms with Crippen molar-refractivity contribution in [3.8, 4) is 0 Å². The van der Waals surface area contributed by atoms with Crippen LogP contribution in [0.15, 0.2) is 51.8 Å². The number of sulfonamides is 1. The van der Waals surface area contributed by atoms with Crippen molar-refractivity contribution in [1.82, 2.24) is 0 Å². The highest BCUT2D eigenvalue weighted by atomic mass is 79.9. The Morgan fingerprint density at radius 3 is 2.55 bits per heavy atom. The number of halogens is 2. The van der Waals surface area contributed by atoms with Crippen LogP contribution in [-0.2, 0) is 16.4 Å². The van der Waals surface area contributed by atoms with E-state index in [-0.39, 0.29) is 4.90 Å². The number of nitrogens with one attached hydrogen (secondary N) is 1. The van der Waals surface area contributed by atoms with Gasteiger partial charge in [0.05, 0.1) is 5.69 Å². The van der Waals surface area contributed by atoms with Crippen LogP contribution in [0, 0.1) is 5.82 Å². The topological polar surface area (TPSA) is 46.2 Å². The Bertz CT molecular complexity index is 732. The quantitative estimate of drug-likeness (QED) is 0.900. The summed E-state index contributed by atoms with van der Waals surface area (Å²) in [6.07, 6.45) is 0.661. The molecule has 0 saturated heterocycles. The van der Waals surface area contributed by atoms with Crippen molar-refractivity contribution in [2.75, 3.05) is 4.72 Å². The molecule has 0 amide bonds. The molecule has 0 aromatic heterocycles. The zero-order valence-corrected chi connectivity index (χ0v) is 13.1. The fourth-order valence-corrected chi connectivity index (χ4v) is 3.41. The third kappa shape index (κ3) is 3.19. The van der Waals surface area contributed by atoms with Crippen LogP contribution in [0.4, 0.5) is 10.1 Å². The van der Waals surface area contributed by atoms with Crippen LogP contribution in [0.5, 0.6) is 0 Å². The fourth-order valence-electron chi connectivity index (χ4n) is 1.82. The van der Waals surface area contributed by atoms with Crippen LogP contribution >= 0.6 is 15.9 Å². The van der Waals surface area contributed by atoms with E-state index in [2.05, 4.69) is 20.7 Å². The van der Waals surface area contributed by atoms with Gasteiger partial charge in [0.15, 0.2) is 0 Å². The minimum atomic E-state index is -3.93. The van der Waals surface area contributed by atoms with Crippen molar-refractivity contribution in [3.63, 3.8) is 0 Å². The van der Waals surface area contributed by atoms with Gasteiger partial charge in [-0.2, -0.15) is 0 Å². The summed E-state index contributed by atoms with van der Waals surface area (Å²) >= 11 is 3.34. The van der Waals surface area contributed by atoms with Crippen molar-refractivity contribution in [3.05, 3.63) is 58.3 Å². The Morgan fingerprint density at radius 2 is 1.90 bits per heavy atom. The minimum Gasteiger partial charge on any atom is -0.279 e.